The average Bonchev–Trinajstić information content (AvgIpc) is 3.72. The summed E-state index contributed by atoms with van der Waals surface area (Å²) in [7, 11) is 5.47. The molecule has 16 nitrogen and oxygen atoms in total. The number of aliphatic imine (C=N–C) groups is 1. The predicted octanol–water partition coefficient (Wildman–Crippen LogP) is 3.79. The van der Waals surface area contributed by atoms with E-state index < -0.39 is 71.4 Å². The van der Waals surface area contributed by atoms with Crippen LogP contribution in [-0.2, 0) is 44.7 Å². The number of oxime groups is 1. The Hall–Kier alpha value is -3.64. The van der Waals surface area contributed by atoms with Gasteiger partial charge in [0.15, 0.2) is 17.9 Å². The molecule has 0 aromatic carbocycles. The van der Waals surface area contributed by atoms with Crippen LogP contribution in [0.2, 0.25) is 0 Å². The number of pyridine rings is 1. The number of fused-ring (bicyclic) bond motifs is 5. The number of rotatable bonds is 8. The van der Waals surface area contributed by atoms with Gasteiger partial charge in [-0.2, -0.15) is 5.10 Å². The first-order chi connectivity index (χ1) is 27.4. The highest BCUT2D eigenvalue weighted by Crippen LogP contribution is 2.40. The smallest absolute Gasteiger partial charge is 0.316 e. The molecule has 13 atom stereocenters. The van der Waals surface area contributed by atoms with Crippen molar-refractivity contribution in [2.24, 2.45) is 33.8 Å². The van der Waals surface area contributed by atoms with Crippen molar-refractivity contribution in [3.8, 4) is 5.82 Å². The van der Waals surface area contributed by atoms with E-state index in [0.717, 1.165) is 11.3 Å². The molecule has 3 fully saturated rings. The first-order valence-electron chi connectivity index (χ1n) is 20.4. The van der Waals surface area contributed by atoms with Gasteiger partial charge in [0.1, 0.15) is 36.0 Å². The lowest BCUT2D eigenvalue weighted by Gasteiger charge is -2.47. The van der Waals surface area contributed by atoms with Crippen molar-refractivity contribution in [2.45, 2.75) is 135 Å². The molecule has 0 spiro atoms. The Labute approximate surface area is 342 Å². The molecular formula is C42H64N6O10. The van der Waals surface area contributed by atoms with Crippen LogP contribution >= 0.6 is 0 Å². The maximum absolute atomic E-state index is 14.5. The van der Waals surface area contributed by atoms with E-state index in [9.17, 15) is 19.8 Å². The number of aromatic nitrogens is 3. The fraction of sp³-hybridized carbons (Fsp3) is 0.714. The van der Waals surface area contributed by atoms with Gasteiger partial charge in [-0.1, -0.05) is 38.9 Å². The Morgan fingerprint density at radius 1 is 1.09 bits per heavy atom. The summed E-state index contributed by atoms with van der Waals surface area (Å²) in [6.07, 6.45) is 0.766. The summed E-state index contributed by atoms with van der Waals surface area (Å²) in [4.78, 5) is 45.3. The maximum Gasteiger partial charge on any atom is 0.316 e. The summed E-state index contributed by atoms with van der Waals surface area (Å²) in [5.74, 6) is -3.54. The summed E-state index contributed by atoms with van der Waals surface area (Å²) in [5.41, 5.74) is -1.18. The zero-order valence-electron chi connectivity index (χ0n) is 35.9. The Morgan fingerprint density at radius 3 is 2.45 bits per heavy atom. The molecule has 5 rings (SSSR count). The molecule has 0 amide bonds. The van der Waals surface area contributed by atoms with Crippen LogP contribution in [0.3, 0.4) is 0 Å². The number of hydrogen-bond donors (Lipinski definition) is 2. The lowest BCUT2D eigenvalue weighted by atomic mass is 9.73. The summed E-state index contributed by atoms with van der Waals surface area (Å²) < 4.78 is 34.2. The highest BCUT2D eigenvalue weighted by atomic mass is 16.7. The molecule has 2 bridgehead atoms. The molecule has 2 aromatic heterocycles. The lowest BCUT2D eigenvalue weighted by Crippen LogP contribution is -2.60. The van der Waals surface area contributed by atoms with Gasteiger partial charge in [0.05, 0.1) is 37.1 Å². The molecular weight excluding hydrogens is 748 g/mol. The second-order valence-electron chi connectivity index (χ2n) is 16.9. The molecule has 5 heterocycles. The molecule has 58 heavy (non-hydrogen) atoms. The van der Waals surface area contributed by atoms with E-state index in [2.05, 4.69) is 15.2 Å². The number of nitrogens with zero attached hydrogens (tertiary/aromatic N) is 6. The molecule has 3 aliphatic heterocycles. The molecule has 3 saturated heterocycles. The minimum Gasteiger partial charge on any atom is -0.459 e. The number of likely N-dealkylation sites (N-methyl/N-ethyl adjacent to an activating group) is 1. The third-order valence-electron chi connectivity index (χ3n) is 12.1. The van der Waals surface area contributed by atoms with Gasteiger partial charge < -0.3 is 43.6 Å². The van der Waals surface area contributed by atoms with Crippen molar-refractivity contribution in [1.29, 1.82) is 0 Å². The van der Waals surface area contributed by atoms with Crippen LogP contribution in [0.5, 0.6) is 0 Å². The van der Waals surface area contributed by atoms with Crippen LogP contribution in [0.4, 0.5) is 0 Å². The molecule has 2 aromatic rings. The Bertz CT molecular complexity index is 1740. The largest absolute Gasteiger partial charge is 0.459 e. The van der Waals surface area contributed by atoms with Crippen molar-refractivity contribution in [3.63, 3.8) is 0 Å². The van der Waals surface area contributed by atoms with E-state index in [1.54, 1.807) is 51.1 Å². The van der Waals surface area contributed by atoms with Crippen LogP contribution in [0.1, 0.15) is 80.2 Å². The molecule has 0 saturated carbocycles. The minimum atomic E-state index is -1.73. The average molecular weight is 813 g/mol. The zero-order valence-corrected chi connectivity index (χ0v) is 35.9. The fourth-order valence-corrected chi connectivity index (χ4v) is 8.88. The number of ether oxygens (including phenoxy) is 5. The van der Waals surface area contributed by atoms with Crippen molar-refractivity contribution in [1.82, 2.24) is 19.7 Å². The van der Waals surface area contributed by atoms with E-state index in [-0.39, 0.29) is 50.7 Å². The number of carbonyl (C=O) groups excluding carboxylic acids is 2. The lowest BCUT2D eigenvalue weighted by molar-refractivity contribution is -0.296. The molecule has 322 valence electrons. The van der Waals surface area contributed by atoms with Gasteiger partial charge in [0.25, 0.3) is 0 Å². The Morgan fingerprint density at radius 2 is 1.83 bits per heavy atom. The third kappa shape index (κ3) is 10.0. The second-order valence-corrected chi connectivity index (χ2v) is 16.9. The first-order valence-corrected chi connectivity index (χ1v) is 20.4. The van der Waals surface area contributed by atoms with Crippen LogP contribution in [0, 0.1) is 23.7 Å². The normalized spacial score (nSPS) is 38.6. The number of hydrogen-bond acceptors (Lipinski definition) is 15. The highest BCUT2D eigenvalue weighted by Gasteiger charge is 2.53. The Kier molecular flexibility index (Phi) is 15.0. The number of aliphatic hydroxyl groups is 2. The molecule has 3 aliphatic rings. The predicted molar refractivity (Wildman–Crippen MR) is 215 cm³/mol. The van der Waals surface area contributed by atoms with Crippen molar-refractivity contribution in [2.75, 3.05) is 34.4 Å². The standard InChI is InChI=1S/C42H64N6O10/c1-12-32-42(8,52)38-26(4)34(43-9)24(2)19-41(7,54-23-30(22-53-38)46-55-21-29-14-15-33(44-20-29)48-17-13-16-45-48)37(27(5)35(49)28(6)39(51)57-32)58-40-36(50)31(47(10)11)18-25(3)56-40/h13-17,20,24-28,31-32,36-38,40,50,52H,12,18-19,21-23H2,1-11H3/t24-,25-,26+,27+,28-,31+,32-,36-,37-,38-,40+,41-,42-/m1/s1. The van der Waals surface area contributed by atoms with Crippen LogP contribution < -0.4 is 0 Å². The monoisotopic (exact) mass is 812 g/mol. The van der Waals surface area contributed by atoms with E-state index in [4.69, 9.17) is 33.5 Å². The van der Waals surface area contributed by atoms with E-state index in [1.165, 1.54) is 6.92 Å². The Balaban J connectivity index is 1.60. The first kappa shape index (κ1) is 45.4. The van der Waals surface area contributed by atoms with Gasteiger partial charge >= 0.3 is 5.97 Å². The van der Waals surface area contributed by atoms with E-state index in [0.29, 0.717) is 18.0 Å². The van der Waals surface area contributed by atoms with Gasteiger partial charge in [-0.15, -0.1) is 0 Å². The van der Waals surface area contributed by atoms with Gasteiger partial charge in [0.2, 0.25) is 0 Å². The summed E-state index contributed by atoms with van der Waals surface area (Å²) >= 11 is 0. The van der Waals surface area contributed by atoms with E-state index >= 15 is 0 Å². The number of esters is 1. The summed E-state index contributed by atoms with van der Waals surface area (Å²) in [5, 5.41) is 32.7. The summed E-state index contributed by atoms with van der Waals surface area (Å²) in [6, 6.07) is 5.22. The van der Waals surface area contributed by atoms with Gasteiger partial charge in [-0.05, 0) is 79.1 Å². The number of ketones is 1. The fourth-order valence-electron chi connectivity index (χ4n) is 8.88. The van der Waals surface area contributed by atoms with E-state index in [1.807, 2.05) is 64.9 Å². The topological polar surface area (TPSA) is 189 Å². The molecule has 0 unspecified atom stereocenters. The SMILES string of the molecule is CC[C@H]1OC(=O)[C@H](C)C(=O)[C@H](C)[C@@H](O[C@@H]2O[C@H](C)C[C@H](N(C)C)[C@H]2O)[C@@]2(C)C[C@@H](C)C(=NC)[C@H](C)[C@@H](OCC(=NOCc3ccc(-n4cccn4)nc3)CO2)[C@]1(C)O. The summed E-state index contributed by atoms with van der Waals surface area (Å²) in [6.45, 7) is 14.1. The van der Waals surface area contributed by atoms with Crippen molar-refractivity contribution < 1.29 is 48.3 Å². The molecule has 0 radical (unpaired) electrons. The molecule has 0 aliphatic carbocycles. The minimum absolute atomic E-state index is 0.0829. The van der Waals surface area contributed by atoms with Crippen LogP contribution in [0.15, 0.2) is 46.9 Å². The highest BCUT2D eigenvalue weighted by molar-refractivity contribution is 6.00. The quantitative estimate of drug-likeness (QED) is 0.223. The number of carbonyl (C=O) groups is 2. The van der Waals surface area contributed by atoms with Crippen LogP contribution in [-0.4, -0.2) is 141 Å². The maximum atomic E-state index is 14.5. The number of Topliss-reactive ketones (excluding diaryl/α,β-unsaturated/α-hetero) is 1. The van der Waals surface area contributed by atoms with Crippen LogP contribution in [0.25, 0.3) is 5.82 Å². The van der Waals surface area contributed by atoms with Crippen molar-refractivity contribution >= 4 is 23.2 Å². The van der Waals surface area contributed by atoms with Gasteiger partial charge in [-0.3, -0.25) is 14.6 Å². The molecule has 16 heteroatoms. The number of aliphatic hydroxyl groups excluding tert-OH is 1. The van der Waals surface area contributed by atoms with Gasteiger partial charge in [-0.25, -0.2) is 9.67 Å². The third-order valence-corrected chi connectivity index (χ3v) is 12.1. The number of cyclic esters (lactones) is 1. The second kappa shape index (κ2) is 19.2. The molecule has 2 N–H and O–H groups in total. The van der Waals surface area contributed by atoms with Crippen molar-refractivity contribution in [3.05, 3.63) is 42.4 Å². The zero-order chi connectivity index (χ0) is 42.5. The van der Waals surface area contributed by atoms with Gasteiger partial charge in [0, 0.05) is 54.8 Å².